The number of unbranched alkanes of at least 4 members (excludes halogenated alkanes) is 1. The topological polar surface area (TPSA) is 15.3 Å². The number of rotatable bonds is 6. The van der Waals surface area contributed by atoms with Crippen molar-refractivity contribution in [3.8, 4) is 0 Å². The van der Waals surface area contributed by atoms with Crippen LogP contribution in [0.1, 0.15) is 46.0 Å². The molecule has 0 aliphatic carbocycles. The van der Waals surface area contributed by atoms with E-state index < -0.39 is 12.1 Å². The third-order valence-corrected chi connectivity index (χ3v) is 3.91. The summed E-state index contributed by atoms with van der Waals surface area (Å²) >= 11 is 0. The molecule has 0 aromatic rings. The van der Waals surface area contributed by atoms with Crippen LogP contribution >= 0.6 is 0 Å². The number of nitrogens with zero attached hydrogens (tertiary/aromatic N) is 1. The summed E-state index contributed by atoms with van der Waals surface area (Å²) in [7, 11) is 0. The number of hydrogen-bond donors (Lipinski definition) is 1. The molecule has 5 heteroatoms. The van der Waals surface area contributed by atoms with Crippen LogP contribution in [-0.2, 0) is 0 Å². The van der Waals surface area contributed by atoms with E-state index in [-0.39, 0.29) is 13.1 Å². The van der Waals surface area contributed by atoms with Gasteiger partial charge in [-0.2, -0.15) is 13.2 Å². The monoisotopic (exact) mass is 280 g/mol. The van der Waals surface area contributed by atoms with Gasteiger partial charge in [0.05, 0.1) is 5.92 Å². The Morgan fingerprint density at radius 1 is 1.21 bits per heavy atom. The predicted octanol–water partition coefficient (Wildman–Crippen LogP) is 3.43. The van der Waals surface area contributed by atoms with E-state index in [9.17, 15) is 13.2 Å². The van der Waals surface area contributed by atoms with Gasteiger partial charge >= 0.3 is 6.18 Å². The van der Waals surface area contributed by atoms with E-state index >= 15 is 0 Å². The number of hydrogen-bond acceptors (Lipinski definition) is 2. The molecule has 2 nitrogen and oxygen atoms in total. The summed E-state index contributed by atoms with van der Waals surface area (Å²) in [6.07, 6.45) is 1.19. The molecule has 1 aliphatic rings. The van der Waals surface area contributed by atoms with Crippen LogP contribution in [0.15, 0.2) is 0 Å². The zero-order chi connectivity index (χ0) is 14.3. The molecule has 2 atom stereocenters. The molecule has 0 aromatic heterocycles. The van der Waals surface area contributed by atoms with Crippen molar-refractivity contribution in [2.75, 3.05) is 26.2 Å². The average molecular weight is 280 g/mol. The molecule has 114 valence electrons. The fourth-order valence-corrected chi connectivity index (χ4v) is 2.77. The average Bonchev–Trinajstić information content (AvgIpc) is 2.59. The molecule has 1 aliphatic heterocycles. The first-order chi connectivity index (χ1) is 8.99. The summed E-state index contributed by atoms with van der Waals surface area (Å²) in [5.74, 6) is -1.23. The maximum Gasteiger partial charge on any atom is 0.394 e. The second-order valence-electron chi connectivity index (χ2n) is 5.52. The van der Waals surface area contributed by atoms with Crippen molar-refractivity contribution < 1.29 is 13.2 Å². The van der Waals surface area contributed by atoms with Crippen LogP contribution in [0, 0.1) is 5.92 Å². The fourth-order valence-electron chi connectivity index (χ4n) is 2.77. The molecule has 0 aromatic carbocycles. The third-order valence-electron chi connectivity index (χ3n) is 3.91. The summed E-state index contributed by atoms with van der Waals surface area (Å²) in [6.45, 7) is 5.86. The molecule has 19 heavy (non-hydrogen) atoms. The first-order valence-corrected chi connectivity index (χ1v) is 7.50. The molecule has 0 spiro atoms. The van der Waals surface area contributed by atoms with Crippen molar-refractivity contribution in [1.82, 2.24) is 10.2 Å². The third kappa shape index (κ3) is 5.69. The summed E-state index contributed by atoms with van der Waals surface area (Å²) in [5, 5.41) is 2.93. The molecule has 1 heterocycles. The van der Waals surface area contributed by atoms with Gasteiger partial charge in [0.25, 0.3) is 0 Å². The van der Waals surface area contributed by atoms with Crippen LogP contribution in [0.25, 0.3) is 0 Å². The van der Waals surface area contributed by atoms with Gasteiger partial charge in [0.15, 0.2) is 0 Å². The van der Waals surface area contributed by atoms with E-state index in [1.54, 1.807) is 0 Å². The van der Waals surface area contributed by atoms with E-state index in [0.29, 0.717) is 12.6 Å². The Morgan fingerprint density at radius 3 is 2.53 bits per heavy atom. The highest BCUT2D eigenvalue weighted by atomic mass is 19.4. The molecular formula is C14H27F3N2. The normalized spacial score (nSPS) is 24.2. The van der Waals surface area contributed by atoms with Crippen LogP contribution < -0.4 is 5.32 Å². The summed E-state index contributed by atoms with van der Waals surface area (Å²) in [5.41, 5.74) is 0. The van der Waals surface area contributed by atoms with Crippen molar-refractivity contribution in [2.24, 2.45) is 5.92 Å². The van der Waals surface area contributed by atoms with Gasteiger partial charge in [-0.1, -0.05) is 33.1 Å². The Bertz CT molecular complexity index is 243. The maximum atomic E-state index is 12.9. The Labute approximate surface area is 114 Å². The maximum absolute atomic E-state index is 12.9. The Kier molecular flexibility index (Phi) is 7.15. The lowest BCUT2D eigenvalue weighted by atomic mass is 10.0. The van der Waals surface area contributed by atoms with Crippen molar-refractivity contribution in [3.05, 3.63) is 0 Å². The smallest absolute Gasteiger partial charge is 0.315 e. The summed E-state index contributed by atoms with van der Waals surface area (Å²) in [6, 6.07) is 0.315. The van der Waals surface area contributed by atoms with Gasteiger partial charge in [-0.05, 0) is 12.8 Å². The molecule has 1 fully saturated rings. The zero-order valence-electron chi connectivity index (χ0n) is 12.1. The Hall–Kier alpha value is -0.290. The lowest BCUT2D eigenvalue weighted by Gasteiger charge is -2.33. The zero-order valence-corrected chi connectivity index (χ0v) is 12.1. The molecule has 1 rings (SSSR count). The molecule has 0 amide bonds. The summed E-state index contributed by atoms with van der Waals surface area (Å²) in [4.78, 5) is 2.07. The van der Waals surface area contributed by atoms with E-state index in [2.05, 4.69) is 24.1 Å². The van der Waals surface area contributed by atoms with Gasteiger partial charge in [0.2, 0.25) is 0 Å². The highest BCUT2D eigenvalue weighted by molar-refractivity contribution is 4.82. The van der Waals surface area contributed by atoms with Crippen LogP contribution in [0.3, 0.4) is 0 Å². The molecule has 1 saturated heterocycles. The number of halogens is 3. The molecule has 2 unspecified atom stereocenters. The quantitative estimate of drug-likeness (QED) is 0.802. The van der Waals surface area contributed by atoms with E-state index in [1.807, 2.05) is 0 Å². The Morgan fingerprint density at radius 2 is 1.95 bits per heavy atom. The van der Waals surface area contributed by atoms with Crippen LogP contribution in [0.5, 0.6) is 0 Å². The molecule has 1 N–H and O–H groups in total. The highest BCUT2D eigenvalue weighted by Crippen LogP contribution is 2.29. The minimum Gasteiger partial charge on any atom is -0.315 e. The van der Waals surface area contributed by atoms with Gasteiger partial charge < -0.3 is 5.32 Å². The number of alkyl halides is 3. The van der Waals surface area contributed by atoms with Crippen LogP contribution in [0.4, 0.5) is 13.2 Å². The van der Waals surface area contributed by atoms with Crippen LogP contribution in [-0.4, -0.2) is 43.3 Å². The first-order valence-electron chi connectivity index (χ1n) is 7.50. The highest BCUT2D eigenvalue weighted by Gasteiger charge is 2.41. The van der Waals surface area contributed by atoms with E-state index in [4.69, 9.17) is 0 Å². The first kappa shape index (κ1) is 16.8. The molecular weight excluding hydrogens is 253 g/mol. The predicted molar refractivity (Wildman–Crippen MR) is 72.2 cm³/mol. The second-order valence-corrected chi connectivity index (χ2v) is 5.52. The standard InChI is InChI=1S/C14H27F3N2/c1-3-5-7-13(6-4-2)19-9-8-18-10-12(11-19)14(15,16)17/h12-13,18H,3-11H2,1-2H3. The van der Waals surface area contributed by atoms with Gasteiger partial charge in [-0.3, -0.25) is 4.90 Å². The lowest BCUT2D eigenvalue weighted by Crippen LogP contribution is -2.43. The Balaban J connectivity index is 2.65. The van der Waals surface area contributed by atoms with Crippen molar-refractivity contribution in [2.45, 2.75) is 58.2 Å². The lowest BCUT2D eigenvalue weighted by molar-refractivity contribution is -0.177. The minimum absolute atomic E-state index is 0.0621. The molecule has 0 saturated carbocycles. The van der Waals surface area contributed by atoms with Gasteiger partial charge in [-0.15, -0.1) is 0 Å². The second kappa shape index (κ2) is 8.10. The van der Waals surface area contributed by atoms with Gasteiger partial charge in [-0.25, -0.2) is 0 Å². The van der Waals surface area contributed by atoms with Gasteiger partial charge in [0.1, 0.15) is 0 Å². The van der Waals surface area contributed by atoms with Gasteiger partial charge in [0, 0.05) is 32.2 Å². The van der Waals surface area contributed by atoms with Crippen LogP contribution in [0.2, 0.25) is 0 Å². The van der Waals surface area contributed by atoms with E-state index in [0.717, 1.165) is 38.6 Å². The SMILES string of the molecule is CCCCC(CCC)N1CCNCC(C(F)(F)F)C1. The number of nitrogens with one attached hydrogen (secondary N) is 1. The molecule has 0 radical (unpaired) electrons. The largest absolute Gasteiger partial charge is 0.394 e. The van der Waals surface area contributed by atoms with Crippen molar-refractivity contribution in [1.29, 1.82) is 0 Å². The fraction of sp³-hybridized carbons (Fsp3) is 1.00. The minimum atomic E-state index is -4.09. The van der Waals surface area contributed by atoms with Crippen molar-refractivity contribution >= 4 is 0 Å². The summed E-state index contributed by atoms with van der Waals surface area (Å²) < 4.78 is 38.8. The van der Waals surface area contributed by atoms with E-state index in [1.165, 1.54) is 0 Å². The molecule has 0 bridgehead atoms. The van der Waals surface area contributed by atoms with Crippen molar-refractivity contribution in [3.63, 3.8) is 0 Å².